The van der Waals surface area contributed by atoms with E-state index >= 15 is 0 Å². The molecule has 0 atom stereocenters. The molecule has 7 heteroatoms. The summed E-state index contributed by atoms with van der Waals surface area (Å²) in [6.07, 6.45) is 1.83. The van der Waals surface area contributed by atoms with Crippen molar-refractivity contribution in [1.29, 1.82) is 0 Å². The molecule has 3 nitrogen and oxygen atoms in total. The Morgan fingerprint density at radius 3 is 2.53 bits per heavy atom. The minimum atomic E-state index is -0.276. The fraction of sp³-hybridized carbons (Fsp3) is 0.120. The highest BCUT2D eigenvalue weighted by molar-refractivity contribution is 9.10. The lowest BCUT2D eigenvalue weighted by molar-refractivity contribution is -0.113. The van der Waals surface area contributed by atoms with E-state index in [1.165, 1.54) is 23.9 Å². The molecule has 0 radical (unpaired) electrons. The van der Waals surface area contributed by atoms with Crippen LogP contribution >= 0.6 is 39.9 Å². The number of thiocarbonyl (C=S) groups is 1. The molecule has 0 unspecified atom stereocenters. The molecule has 0 saturated carbocycles. The predicted molar refractivity (Wildman–Crippen MR) is 136 cm³/mol. The number of carbonyl (C=O) groups is 1. The molecule has 0 bridgehead atoms. The molecule has 0 spiro atoms. The van der Waals surface area contributed by atoms with E-state index in [0.717, 1.165) is 32.4 Å². The zero-order chi connectivity index (χ0) is 22.8. The van der Waals surface area contributed by atoms with Crippen LogP contribution in [0.4, 0.5) is 10.1 Å². The molecule has 0 N–H and O–H groups in total. The topological polar surface area (TPSA) is 29.5 Å². The van der Waals surface area contributed by atoms with Crippen molar-refractivity contribution in [1.82, 2.24) is 0 Å². The summed E-state index contributed by atoms with van der Waals surface area (Å²) in [5, 5.41) is 0. The summed E-state index contributed by atoms with van der Waals surface area (Å²) in [6.45, 7) is 4.32. The lowest BCUT2D eigenvalue weighted by Crippen LogP contribution is -2.28. The number of nitrogens with zero attached hydrogens (tertiary/aromatic N) is 1. The number of amides is 1. The van der Waals surface area contributed by atoms with Gasteiger partial charge in [-0.1, -0.05) is 59.9 Å². The minimum Gasteiger partial charge on any atom is -0.488 e. The normalized spacial score (nSPS) is 15.0. The van der Waals surface area contributed by atoms with Crippen LogP contribution in [0, 0.1) is 19.7 Å². The second kappa shape index (κ2) is 9.57. The molecule has 1 aliphatic rings. The lowest BCUT2D eigenvalue weighted by Gasteiger charge is -2.17. The van der Waals surface area contributed by atoms with E-state index in [1.807, 2.05) is 56.3 Å². The van der Waals surface area contributed by atoms with Gasteiger partial charge in [-0.3, -0.25) is 9.69 Å². The Labute approximate surface area is 204 Å². The number of anilines is 1. The maximum absolute atomic E-state index is 13.1. The molecule has 3 aromatic rings. The molecule has 1 amide bonds. The third kappa shape index (κ3) is 4.95. The molecular formula is C25H19BrFNO2S2. The molecule has 0 aromatic heterocycles. The number of carbonyl (C=O) groups excluding carboxylic acids is 1. The van der Waals surface area contributed by atoms with Gasteiger partial charge in [0.2, 0.25) is 0 Å². The van der Waals surface area contributed by atoms with E-state index in [2.05, 4.69) is 15.9 Å². The van der Waals surface area contributed by atoms with Crippen LogP contribution < -0.4 is 9.64 Å². The summed E-state index contributed by atoms with van der Waals surface area (Å²) in [5.74, 6) is 0.260. The SMILES string of the molecule is Cc1ccc(N2C(=O)/C(=C\c3ccc(OCc4ccc(F)cc4)c(Br)c3)SC2=S)c(C)c1. The summed E-state index contributed by atoms with van der Waals surface area (Å²) >= 11 is 10.3. The maximum atomic E-state index is 13.1. The summed E-state index contributed by atoms with van der Waals surface area (Å²) in [7, 11) is 0. The van der Waals surface area contributed by atoms with E-state index in [-0.39, 0.29) is 11.7 Å². The molecule has 32 heavy (non-hydrogen) atoms. The van der Waals surface area contributed by atoms with Crippen molar-refractivity contribution in [2.75, 3.05) is 4.90 Å². The molecule has 1 fully saturated rings. The highest BCUT2D eigenvalue weighted by Crippen LogP contribution is 2.38. The minimum absolute atomic E-state index is 0.125. The molecule has 4 rings (SSSR count). The van der Waals surface area contributed by atoms with Gasteiger partial charge in [-0.2, -0.15) is 0 Å². The number of hydrogen-bond donors (Lipinski definition) is 0. The Bertz CT molecular complexity index is 1240. The van der Waals surface area contributed by atoms with Crippen molar-refractivity contribution >= 4 is 61.9 Å². The first-order valence-electron chi connectivity index (χ1n) is 9.84. The average Bonchev–Trinajstić information content (AvgIpc) is 3.02. The van der Waals surface area contributed by atoms with Gasteiger partial charge in [-0.15, -0.1) is 0 Å². The first-order valence-corrected chi connectivity index (χ1v) is 11.9. The smallest absolute Gasteiger partial charge is 0.270 e. The number of aryl methyl sites for hydroxylation is 2. The van der Waals surface area contributed by atoms with Gasteiger partial charge in [0.1, 0.15) is 18.2 Å². The van der Waals surface area contributed by atoms with Gasteiger partial charge < -0.3 is 4.74 Å². The van der Waals surface area contributed by atoms with E-state index in [9.17, 15) is 9.18 Å². The summed E-state index contributed by atoms with van der Waals surface area (Å²) in [5.41, 5.74) is 4.68. The van der Waals surface area contributed by atoms with Gasteiger partial charge >= 0.3 is 0 Å². The van der Waals surface area contributed by atoms with Gasteiger partial charge in [-0.25, -0.2) is 4.39 Å². The quantitative estimate of drug-likeness (QED) is 0.259. The molecule has 1 aliphatic heterocycles. The van der Waals surface area contributed by atoms with Gasteiger partial charge in [0, 0.05) is 0 Å². The average molecular weight is 528 g/mol. The van der Waals surface area contributed by atoms with Crippen LogP contribution in [0.2, 0.25) is 0 Å². The zero-order valence-corrected chi connectivity index (χ0v) is 20.6. The standard InChI is InChI=1S/C25H19BrFNO2S2/c1-15-3-9-21(16(2)11-15)28-24(29)23(32-25(28)31)13-18-6-10-22(20(26)12-18)30-14-17-4-7-19(27)8-5-17/h3-13H,14H2,1-2H3/b23-13+. The van der Waals surface area contributed by atoms with Crippen LogP contribution in [0.3, 0.4) is 0 Å². The lowest BCUT2D eigenvalue weighted by atomic mass is 10.1. The van der Waals surface area contributed by atoms with Crippen molar-refractivity contribution in [3.63, 3.8) is 0 Å². The molecule has 1 heterocycles. The van der Waals surface area contributed by atoms with Crippen LogP contribution in [0.25, 0.3) is 6.08 Å². The van der Waals surface area contributed by atoms with E-state index < -0.39 is 0 Å². The van der Waals surface area contributed by atoms with Crippen LogP contribution in [0.15, 0.2) is 70.0 Å². The Hall–Kier alpha value is -2.48. The third-order valence-corrected chi connectivity index (χ3v) is 6.87. The van der Waals surface area contributed by atoms with Gasteiger partial charge in [0.15, 0.2) is 4.32 Å². The van der Waals surface area contributed by atoms with Gasteiger partial charge in [-0.05, 0) is 82.9 Å². The highest BCUT2D eigenvalue weighted by Gasteiger charge is 2.34. The van der Waals surface area contributed by atoms with Crippen molar-refractivity contribution in [3.05, 3.63) is 98.1 Å². The fourth-order valence-electron chi connectivity index (χ4n) is 3.35. The van der Waals surface area contributed by atoms with Crippen molar-refractivity contribution < 1.29 is 13.9 Å². The van der Waals surface area contributed by atoms with Gasteiger partial charge in [0.25, 0.3) is 5.91 Å². The third-order valence-electron chi connectivity index (χ3n) is 4.95. The highest BCUT2D eigenvalue weighted by atomic mass is 79.9. The summed E-state index contributed by atoms with van der Waals surface area (Å²) < 4.78 is 20.2. The van der Waals surface area contributed by atoms with E-state index in [0.29, 0.717) is 21.6 Å². The molecule has 0 aliphatic carbocycles. The second-order valence-electron chi connectivity index (χ2n) is 7.41. The number of halogens is 2. The van der Waals surface area contributed by atoms with E-state index in [4.69, 9.17) is 17.0 Å². The van der Waals surface area contributed by atoms with Gasteiger partial charge in [0.05, 0.1) is 15.1 Å². The molecular weight excluding hydrogens is 509 g/mol. The number of ether oxygens (including phenoxy) is 1. The van der Waals surface area contributed by atoms with Crippen LogP contribution in [-0.4, -0.2) is 10.2 Å². The molecule has 162 valence electrons. The summed E-state index contributed by atoms with van der Waals surface area (Å²) in [6, 6.07) is 17.8. The van der Waals surface area contributed by atoms with Crippen molar-refractivity contribution in [2.24, 2.45) is 0 Å². The van der Waals surface area contributed by atoms with Crippen LogP contribution in [-0.2, 0) is 11.4 Å². The Balaban J connectivity index is 1.51. The first-order chi connectivity index (χ1) is 15.3. The predicted octanol–water partition coefficient (Wildman–Crippen LogP) is 7.19. The van der Waals surface area contributed by atoms with Crippen molar-refractivity contribution in [2.45, 2.75) is 20.5 Å². The largest absolute Gasteiger partial charge is 0.488 e. The first kappa shape index (κ1) is 22.7. The Morgan fingerprint density at radius 2 is 1.84 bits per heavy atom. The monoisotopic (exact) mass is 527 g/mol. The van der Waals surface area contributed by atoms with Crippen molar-refractivity contribution in [3.8, 4) is 5.75 Å². The van der Waals surface area contributed by atoms with Crippen LogP contribution in [0.5, 0.6) is 5.75 Å². The number of benzene rings is 3. The second-order valence-corrected chi connectivity index (χ2v) is 9.94. The number of hydrogen-bond acceptors (Lipinski definition) is 4. The van der Waals surface area contributed by atoms with E-state index in [1.54, 1.807) is 17.0 Å². The fourth-order valence-corrected chi connectivity index (χ4v) is 5.14. The van der Waals surface area contributed by atoms with Crippen LogP contribution in [0.1, 0.15) is 22.3 Å². The Morgan fingerprint density at radius 1 is 1.09 bits per heavy atom. The molecule has 3 aromatic carbocycles. The number of rotatable bonds is 5. The Kier molecular flexibility index (Phi) is 6.79. The number of thioether (sulfide) groups is 1. The zero-order valence-electron chi connectivity index (χ0n) is 17.4. The summed E-state index contributed by atoms with van der Waals surface area (Å²) in [4.78, 5) is 15.2. The molecule has 1 saturated heterocycles. The maximum Gasteiger partial charge on any atom is 0.270 e.